The SMILES string of the molecule is CCCCOC(=O)CC(C)CCCC1CCC(C(C)CCCC(C)CCC(CCCC(C)C2CCC(C3CCC(CC(=O)OCC)C3)C2)CCC(CCCC(C)C2CCC(C3CCC(CC(=O)OCC)C3)C2)CCC(C)CCCC(C)C2CCC(CCCC(C)CC(=O)OCCCC)C2)C1. The summed E-state index contributed by atoms with van der Waals surface area (Å²) in [5.74, 6) is 17.3. The third kappa shape index (κ3) is 34.2. The van der Waals surface area contributed by atoms with Crippen LogP contribution in [0.1, 0.15) is 404 Å². The summed E-state index contributed by atoms with van der Waals surface area (Å²) in [5.41, 5.74) is 0. The lowest BCUT2D eigenvalue weighted by Gasteiger charge is -2.26. The van der Waals surface area contributed by atoms with E-state index in [-0.39, 0.29) is 23.9 Å². The van der Waals surface area contributed by atoms with Crippen molar-refractivity contribution in [3.63, 3.8) is 0 Å². The molecule has 0 aliphatic heterocycles. The molecular formula is C92H166O8. The van der Waals surface area contributed by atoms with Gasteiger partial charge in [0.1, 0.15) is 0 Å². The smallest absolute Gasteiger partial charge is 0.306 e. The van der Waals surface area contributed by atoms with Gasteiger partial charge in [0.2, 0.25) is 0 Å². The zero-order chi connectivity index (χ0) is 72.0. The topological polar surface area (TPSA) is 105 Å². The molecule has 6 saturated carbocycles. The van der Waals surface area contributed by atoms with E-state index in [4.69, 9.17) is 18.9 Å². The van der Waals surface area contributed by atoms with Gasteiger partial charge >= 0.3 is 23.9 Å². The molecule has 0 amide bonds. The lowest BCUT2D eigenvalue weighted by Crippen LogP contribution is -2.14. The van der Waals surface area contributed by atoms with Crippen molar-refractivity contribution in [3.8, 4) is 0 Å². The van der Waals surface area contributed by atoms with Crippen molar-refractivity contribution in [1.29, 1.82) is 0 Å². The van der Waals surface area contributed by atoms with E-state index in [2.05, 4.69) is 69.2 Å². The van der Waals surface area contributed by atoms with E-state index in [1.165, 1.54) is 257 Å². The van der Waals surface area contributed by atoms with Gasteiger partial charge in [-0.1, -0.05) is 249 Å². The van der Waals surface area contributed by atoms with Gasteiger partial charge in [-0.25, -0.2) is 0 Å². The van der Waals surface area contributed by atoms with Crippen LogP contribution in [0.5, 0.6) is 0 Å². The van der Waals surface area contributed by atoms with Gasteiger partial charge in [-0.2, -0.15) is 0 Å². The van der Waals surface area contributed by atoms with Crippen LogP contribution in [0, 0.1) is 130 Å². The Hall–Kier alpha value is -2.12. The van der Waals surface area contributed by atoms with Crippen LogP contribution in [0.15, 0.2) is 0 Å². The molecular weight excluding hydrogens is 1230 g/mol. The van der Waals surface area contributed by atoms with Crippen LogP contribution in [-0.2, 0) is 38.1 Å². The highest BCUT2D eigenvalue weighted by Gasteiger charge is 2.40. The summed E-state index contributed by atoms with van der Waals surface area (Å²) in [7, 11) is 0. The summed E-state index contributed by atoms with van der Waals surface area (Å²) in [6.45, 7) is 30.5. The second-order valence-corrected chi connectivity index (χ2v) is 37.4. The Balaban J connectivity index is 1.00. The van der Waals surface area contributed by atoms with Crippen molar-refractivity contribution in [2.24, 2.45) is 130 Å². The highest BCUT2D eigenvalue weighted by atomic mass is 16.5. The number of unbranched alkanes of at least 4 members (excludes halogenated alkanes) is 2. The molecule has 8 nitrogen and oxygen atoms in total. The predicted molar refractivity (Wildman–Crippen MR) is 420 cm³/mol. The fourth-order valence-electron chi connectivity index (χ4n) is 21.9. The molecule has 6 aliphatic rings. The molecule has 6 fully saturated rings. The average Bonchev–Trinajstić information content (AvgIpc) is 1.71. The lowest BCUT2D eigenvalue weighted by atomic mass is 9.79. The van der Waals surface area contributed by atoms with Gasteiger partial charge in [-0.15, -0.1) is 0 Å². The third-order valence-electron chi connectivity index (χ3n) is 29.0. The van der Waals surface area contributed by atoms with E-state index in [0.717, 1.165) is 145 Å². The molecule has 0 spiro atoms. The minimum absolute atomic E-state index is 0.00140. The molecule has 582 valence electrons. The summed E-state index contributed by atoms with van der Waals surface area (Å²) in [6, 6.07) is 0. The Bertz CT molecular complexity index is 2010. The van der Waals surface area contributed by atoms with Crippen molar-refractivity contribution < 1.29 is 38.1 Å². The van der Waals surface area contributed by atoms with Crippen LogP contribution >= 0.6 is 0 Å². The number of rotatable bonds is 55. The van der Waals surface area contributed by atoms with Crippen molar-refractivity contribution in [2.45, 2.75) is 404 Å². The number of ether oxygens (including phenoxy) is 4. The molecule has 22 unspecified atom stereocenters. The highest BCUT2D eigenvalue weighted by Crippen LogP contribution is 2.50. The van der Waals surface area contributed by atoms with E-state index in [1.807, 2.05) is 13.8 Å². The number of carbonyl (C=O) groups is 4. The van der Waals surface area contributed by atoms with Crippen molar-refractivity contribution in [1.82, 2.24) is 0 Å². The van der Waals surface area contributed by atoms with Crippen molar-refractivity contribution in [2.75, 3.05) is 26.4 Å². The Kier molecular flexibility index (Phi) is 43.1. The molecule has 0 aromatic rings. The van der Waals surface area contributed by atoms with Gasteiger partial charge in [0.05, 0.1) is 26.4 Å². The number of hydrogen-bond donors (Lipinski definition) is 0. The fourth-order valence-corrected chi connectivity index (χ4v) is 21.9. The summed E-state index contributed by atoms with van der Waals surface area (Å²) in [6.07, 6.45) is 64.1. The summed E-state index contributed by atoms with van der Waals surface area (Å²) < 4.78 is 21.7. The van der Waals surface area contributed by atoms with Crippen molar-refractivity contribution >= 4 is 23.9 Å². The molecule has 22 atom stereocenters. The zero-order valence-corrected chi connectivity index (χ0v) is 68.2. The van der Waals surface area contributed by atoms with Gasteiger partial charge in [-0.3, -0.25) is 19.2 Å². The van der Waals surface area contributed by atoms with E-state index >= 15 is 0 Å². The standard InChI is InChI=1S/C92H166O8/c1-13-17-55-99-89(93)57-69(7)27-21-35-77-43-47-81(59-77)71(9)29-19-25-67(5)37-39-75(33-23-31-73(11)83-51-53-87(65-83)85-49-45-79(61-85)63-91(95)97-15-3)41-42-76(34-24-32-74(12)84-52-54-88(66-84)86-50-46-80(62-86)64-92(96)98-16-4)40-38-68(6)26-20-30-72(10)82-48-44-78(60-82)36-22-28-70(8)58-90(94)100-56-18-14-2/h67-88H,13-66H2,1-12H3. The first-order valence-electron chi connectivity index (χ1n) is 44.9. The van der Waals surface area contributed by atoms with Gasteiger partial charge in [0, 0.05) is 25.7 Å². The fraction of sp³-hybridized carbons (Fsp3) is 0.957. The molecule has 6 aliphatic carbocycles. The molecule has 0 bridgehead atoms. The molecule has 100 heavy (non-hydrogen) atoms. The first kappa shape index (κ1) is 86.8. The maximum absolute atomic E-state index is 12.4. The largest absolute Gasteiger partial charge is 0.466 e. The molecule has 0 saturated heterocycles. The van der Waals surface area contributed by atoms with Crippen LogP contribution in [0.25, 0.3) is 0 Å². The highest BCUT2D eigenvalue weighted by molar-refractivity contribution is 5.70. The van der Waals surface area contributed by atoms with E-state index < -0.39 is 0 Å². The predicted octanol–water partition coefficient (Wildman–Crippen LogP) is 26.5. The monoisotopic (exact) mass is 1400 g/mol. The van der Waals surface area contributed by atoms with Gasteiger partial charge < -0.3 is 18.9 Å². The maximum atomic E-state index is 12.4. The Morgan fingerprint density at radius 1 is 0.290 bits per heavy atom. The normalized spacial score (nSPS) is 28.5. The van der Waals surface area contributed by atoms with E-state index in [1.54, 1.807) is 0 Å². The van der Waals surface area contributed by atoms with Crippen LogP contribution in [0.2, 0.25) is 0 Å². The van der Waals surface area contributed by atoms with Crippen LogP contribution in [-0.4, -0.2) is 50.3 Å². The first-order valence-corrected chi connectivity index (χ1v) is 44.9. The lowest BCUT2D eigenvalue weighted by molar-refractivity contribution is -0.145. The summed E-state index contributed by atoms with van der Waals surface area (Å²) >= 11 is 0. The van der Waals surface area contributed by atoms with E-state index in [0.29, 0.717) is 75.8 Å². The maximum Gasteiger partial charge on any atom is 0.306 e. The number of esters is 4. The number of carbonyl (C=O) groups excluding carboxylic acids is 4. The second-order valence-electron chi connectivity index (χ2n) is 37.4. The molecule has 0 heterocycles. The Labute approximate surface area is 619 Å². The van der Waals surface area contributed by atoms with Gasteiger partial charge in [0.15, 0.2) is 0 Å². The van der Waals surface area contributed by atoms with Crippen LogP contribution in [0.4, 0.5) is 0 Å². The quantitative estimate of drug-likeness (QED) is 0.0337. The first-order chi connectivity index (χ1) is 48.3. The molecule has 6 rings (SSSR count). The van der Waals surface area contributed by atoms with Crippen LogP contribution < -0.4 is 0 Å². The van der Waals surface area contributed by atoms with Crippen molar-refractivity contribution in [3.05, 3.63) is 0 Å². The molecule has 0 aromatic carbocycles. The van der Waals surface area contributed by atoms with Gasteiger partial charge in [-0.05, 0) is 260 Å². The Morgan fingerprint density at radius 2 is 0.610 bits per heavy atom. The third-order valence-corrected chi connectivity index (χ3v) is 29.0. The average molecular weight is 1400 g/mol. The zero-order valence-electron chi connectivity index (χ0n) is 68.2. The minimum Gasteiger partial charge on any atom is -0.466 e. The van der Waals surface area contributed by atoms with E-state index in [9.17, 15) is 19.2 Å². The number of hydrogen-bond acceptors (Lipinski definition) is 8. The Morgan fingerprint density at radius 3 is 0.990 bits per heavy atom. The summed E-state index contributed by atoms with van der Waals surface area (Å²) in [4.78, 5) is 49.4. The van der Waals surface area contributed by atoms with Crippen LogP contribution in [0.3, 0.4) is 0 Å². The van der Waals surface area contributed by atoms with Gasteiger partial charge in [0.25, 0.3) is 0 Å². The molecule has 0 radical (unpaired) electrons. The minimum atomic E-state index is 0.00140. The molecule has 0 aromatic heterocycles. The second kappa shape index (κ2) is 49.7. The molecule has 0 N–H and O–H groups in total. The molecule has 8 heteroatoms. The summed E-state index contributed by atoms with van der Waals surface area (Å²) in [5, 5.41) is 0.